The molecule has 0 saturated heterocycles. The van der Waals surface area contributed by atoms with E-state index >= 15 is 0 Å². The fourth-order valence-corrected chi connectivity index (χ4v) is 2.12. The molecule has 0 unspecified atom stereocenters. The third-order valence-electron chi connectivity index (χ3n) is 3.29. The molecule has 0 aliphatic rings. The second kappa shape index (κ2) is 9.86. The van der Waals surface area contributed by atoms with Crippen LogP contribution in [0.25, 0.3) is 0 Å². The molecule has 0 atom stereocenters. The van der Waals surface area contributed by atoms with E-state index in [4.69, 9.17) is 0 Å². The van der Waals surface area contributed by atoms with Crippen molar-refractivity contribution in [2.24, 2.45) is 0 Å². The zero-order valence-corrected chi connectivity index (χ0v) is 11.6. The summed E-state index contributed by atoms with van der Waals surface area (Å²) in [6.07, 6.45) is 17.2. The van der Waals surface area contributed by atoms with Crippen LogP contribution in [0.15, 0.2) is 18.7 Å². The Labute approximate surface area is 111 Å². The quantitative estimate of drug-likeness (QED) is 0.575. The SMILES string of the molecule is CCCCCCCCCCCC(=O)n1ccnc1. The van der Waals surface area contributed by atoms with Crippen molar-refractivity contribution in [1.29, 1.82) is 0 Å². The van der Waals surface area contributed by atoms with Gasteiger partial charge in [0.15, 0.2) is 0 Å². The maximum Gasteiger partial charge on any atom is 0.231 e. The highest BCUT2D eigenvalue weighted by Gasteiger charge is 2.02. The standard InChI is InChI=1S/C15H26N2O/c1-2-3-4-5-6-7-8-9-10-11-15(18)17-13-12-16-14-17/h12-14H,2-11H2,1H3. The van der Waals surface area contributed by atoms with Crippen molar-refractivity contribution < 1.29 is 4.79 Å². The topological polar surface area (TPSA) is 34.9 Å². The van der Waals surface area contributed by atoms with E-state index in [1.54, 1.807) is 23.3 Å². The molecule has 0 fully saturated rings. The third kappa shape index (κ3) is 6.58. The molecule has 0 amide bonds. The summed E-state index contributed by atoms with van der Waals surface area (Å²) in [5, 5.41) is 0. The van der Waals surface area contributed by atoms with Crippen LogP contribution >= 0.6 is 0 Å². The minimum Gasteiger partial charge on any atom is -0.276 e. The normalized spacial score (nSPS) is 10.7. The van der Waals surface area contributed by atoms with Gasteiger partial charge in [0.1, 0.15) is 6.33 Å². The monoisotopic (exact) mass is 250 g/mol. The van der Waals surface area contributed by atoms with Crippen LogP contribution in [0.1, 0.15) is 75.9 Å². The van der Waals surface area contributed by atoms with Crippen LogP contribution in [-0.2, 0) is 0 Å². The summed E-state index contributed by atoms with van der Waals surface area (Å²) in [6.45, 7) is 2.25. The molecule has 0 aliphatic carbocycles. The number of carbonyl (C=O) groups is 1. The first-order valence-electron chi connectivity index (χ1n) is 7.35. The molecule has 0 bridgehead atoms. The molecule has 0 aliphatic heterocycles. The molecule has 0 N–H and O–H groups in total. The van der Waals surface area contributed by atoms with Gasteiger partial charge in [-0.15, -0.1) is 0 Å². The molecular weight excluding hydrogens is 224 g/mol. The fraction of sp³-hybridized carbons (Fsp3) is 0.733. The zero-order chi connectivity index (χ0) is 13.1. The lowest BCUT2D eigenvalue weighted by Gasteiger charge is -2.02. The Morgan fingerprint density at radius 2 is 1.61 bits per heavy atom. The second-order valence-corrected chi connectivity index (χ2v) is 4.94. The second-order valence-electron chi connectivity index (χ2n) is 4.94. The average molecular weight is 250 g/mol. The van der Waals surface area contributed by atoms with Gasteiger partial charge in [0.25, 0.3) is 0 Å². The number of carbonyl (C=O) groups excluding carboxylic acids is 1. The first-order chi connectivity index (χ1) is 8.84. The number of hydrogen-bond donors (Lipinski definition) is 0. The Bertz CT molecular complexity index is 306. The zero-order valence-electron chi connectivity index (χ0n) is 11.6. The minimum atomic E-state index is 0.162. The van der Waals surface area contributed by atoms with Crippen molar-refractivity contribution in [3.8, 4) is 0 Å². The molecule has 18 heavy (non-hydrogen) atoms. The van der Waals surface area contributed by atoms with E-state index in [9.17, 15) is 4.79 Å². The number of unbranched alkanes of at least 4 members (excludes halogenated alkanes) is 8. The van der Waals surface area contributed by atoms with Crippen molar-refractivity contribution in [3.05, 3.63) is 18.7 Å². The summed E-state index contributed by atoms with van der Waals surface area (Å²) >= 11 is 0. The van der Waals surface area contributed by atoms with Crippen molar-refractivity contribution in [1.82, 2.24) is 9.55 Å². The molecule has 102 valence electrons. The molecule has 1 aromatic rings. The summed E-state index contributed by atoms with van der Waals surface area (Å²) in [5.41, 5.74) is 0. The Morgan fingerprint density at radius 3 is 2.17 bits per heavy atom. The van der Waals surface area contributed by atoms with Gasteiger partial charge in [-0.1, -0.05) is 58.3 Å². The predicted molar refractivity (Wildman–Crippen MR) is 74.7 cm³/mol. The largest absolute Gasteiger partial charge is 0.276 e. The Hall–Kier alpha value is -1.12. The highest BCUT2D eigenvalue weighted by molar-refractivity contribution is 5.78. The molecule has 3 heteroatoms. The van der Waals surface area contributed by atoms with Gasteiger partial charge in [0.2, 0.25) is 5.91 Å². The smallest absolute Gasteiger partial charge is 0.231 e. The summed E-state index contributed by atoms with van der Waals surface area (Å²) in [6, 6.07) is 0. The lowest BCUT2D eigenvalue weighted by Crippen LogP contribution is -2.07. The van der Waals surface area contributed by atoms with Gasteiger partial charge in [0, 0.05) is 18.8 Å². The van der Waals surface area contributed by atoms with Gasteiger partial charge in [-0.25, -0.2) is 4.98 Å². The highest BCUT2D eigenvalue weighted by atomic mass is 16.2. The summed E-state index contributed by atoms with van der Waals surface area (Å²) in [7, 11) is 0. The van der Waals surface area contributed by atoms with Gasteiger partial charge in [0.05, 0.1) is 0 Å². The number of aromatic nitrogens is 2. The van der Waals surface area contributed by atoms with E-state index in [0.717, 1.165) is 6.42 Å². The number of imidazole rings is 1. The molecule has 1 rings (SSSR count). The van der Waals surface area contributed by atoms with Gasteiger partial charge < -0.3 is 0 Å². The van der Waals surface area contributed by atoms with Crippen LogP contribution in [-0.4, -0.2) is 15.5 Å². The predicted octanol–water partition coefficient (Wildman–Crippen LogP) is 4.44. The van der Waals surface area contributed by atoms with Gasteiger partial charge in [-0.2, -0.15) is 0 Å². The van der Waals surface area contributed by atoms with Crippen molar-refractivity contribution >= 4 is 5.91 Å². The van der Waals surface area contributed by atoms with Crippen LogP contribution in [0.4, 0.5) is 0 Å². The molecule has 3 nitrogen and oxygen atoms in total. The molecule has 0 aromatic carbocycles. The minimum absolute atomic E-state index is 0.162. The lowest BCUT2D eigenvalue weighted by atomic mass is 10.1. The van der Waals surface area contributed by atoms with E-state index in [1.807, 2.05) is 0 Å². The van der Waals surface area contributed by atoms with Crippen LogP contribution < -0.4 is 0 Å². The molecule has 0 saturated carbocycles. The van der Waals surface area contributed by atoms with Gasteiger partial charge in [-0.3, -0.25) is 9.36 Å². The molecule has 1 aromatic heterocycles. The van der Waals surface area contributed by atoms with Crippen molar-refractivity contribution in [3.63, 3.8) is 0 Å². The number of rotatable bonds is 10. The number of hydrogen-bond acceptors (Lipinski definition) is 2. The fourth-order valence-electron chi connectivity index (χ4n) is 2.12. The van der Waals surface area contributed by atoms with Gasteiger partial charge in [-0.05, 0) is 6.42 Å². The summed E-state index contributed by atoms with van der Waals surface area (Å²) in [5.74, 6) is 0.162. The lowest BCUT2D eigenvalue weighted by molar-refractivity contribution is 0.0898. The Balaban J connectivity index is 1.88. The average Bonchev–Trinajstić information content (AvgIpc) is 2.90. The van der Waals surface area contributed by atoms with Crippen molar-refractivity contribution in [2.75, 3.05) is 0 Å². The first kappa shape index (κ1) is 14.9. The van der Waals surface area contributed by atoms with Crippen LogP contribution in [0, 0.1) is 0 Å². The van der Waals surface area contributed by atoms with E-state index < -0.39 is 0 Å². The third-order valence-corrected chi connectivity index (χ3v) is 3.29. The number of nitrogens with zero attached hydrogens (tertiary/aromatic N) is 2. The summed E-state index contributed by atoms with van der Waals surface area (Å²) < 4.78 is 1.57. The Kier molecular flexibility index (Phi) is 8.19. The first-order valence-corrected chi connectivity index (χ1v) is 7.35. The molecule has 1 heterocycles. The van der Waals surface area contributed by atoms with E-state index in [1.165, 1.54) is 51.4 Å². The van der Waals surface area contributed by atoms with E-state index in [-0.39, 0.29) is 5.91 Å². The van der Waals surface area contributed by atoms with Crippen LogP contribution in [0.2, 0.25) is 0 Å². The van der Waals surface area contributed by atoms with Crippen LogP contribution in [0.3, 0.4) is 0 Å². The van der Waals surface area contributed by atoms with E-state index in [2.05, 4.69) is 11.9 Å². The summed E-state index contributed by atoms with van der Waals surface area (Å²) in [4.78, 5) is 15.5. The molecule has 0 spiro atoms. The molecule has 0 radical (unpaired) electrons. The Morgan fingerprint density at radius 1 is 1.00 bits per heavy atom. The molecular formula is C15H26N2O. The maximum absolute atomic E-state index is 11.6. The van der Waals surface area contributed by atoms with Gasteiger partial charge >= 0.3 is 0 Å². The van der Waals surface area contributed by atoms with E-state index in [0.29, 0.717) is 6.42 Å². The maximum atomic E-state index is 11.6. The van der Waals surface area contributed by atoms with Crippen LogP contribution in [0.5, 0.6) is 0 Å². The van der Waals surface area contributed by atoms with Crippen molar-refractivity contribution in [2.45, 2.75) is 71.1 Å². The highest BCUT2D eigenvalue weighted by Crippen LogP contribution is 2.10.